The fourth-order valence-corrected chi connectivity index (χ4v) is 4.21. The third kappa shape index (κ3) is 5.23. The van der Waals surface area contributed by atoms with Crippen LogP contribution < -0.4 is 10.9 Å². The minimum absolute atomic E-state index is 0.0191. The third-order valence-corrected chi connectivity index (χ3v) is 5.97. The smallest absolute Gasteiger partial charge is 0.418 e. The normalized spacial score (nSPS) is 11.3. The Kier molecular flexibility index (Phi) is 7.07. The lowest BCUT2D eigenvalue weighted by Crippen LogP contribution is -2.22. The topological polar surface area (TPSA) is 63.7 Å². The van der Waals surface area contributed by atoms with E-state index in [0.29, 0.717) is 28.1 Å². The predicted octanol–water partition coefficient (Wildman–Crippen LogP) is 7.39. The minimum atomic E-state index is -4.76. The number of carbonyl (C=O) groups excluding carboxylic acids is 1. The number of carbonyl (C=O) groups is 1. The number of nitrogens with zero attached hydrogens (tertiary/aromatic N) is 1. The number of fused-ring (bicyclic) bond motifs is 1. The summed E-state index contributed by atoms with van der Waals surface area (Å²) in [6.45, 7) is 7.15. The van der Waals surface area contributed by atoms with Gasteiger partial charge in [-0.2, -0.15) is 13.2 Å². The highest BCUT2D eigenvalue weighted by molar-refractivity contribution is 6.32. The molecule has 0 atom stereocenters. The van der Waals surface area contributed by atoms with E-state index in [0.717, 1.165) is 6.07 Å². The van der Waals surface area contributed by atoms with Crippen LogP contribution in [0.25, 0.3) is 26.9 Å². The lowest BCUT2D eigenvalue weighted by atomic mass is 9.94. The molecule has 0 saturated carbocycles. The maximum atomic E-state index is 13.5. The van der Waals surface area contributed by atoms with Gasteiger partial charge in [0, 0.05) is 22.0 Å². The molecule has 0 aliphatic carbocycles. The number of halogens is 5. The molecular weight excluding hydrogens is 516 g/mol. The molecule has 36 heavy (non-hydrogen) atoms. The van der Waals surface area contributed by atoms with E-state index in [-0.39, 0.29) is 27.7 Å². The van der Waals surface area contributed by atoms with Gasteiger partial charge in [0.1, 0.15) is 5.58 Å². The lowest BCUT2D eigenvalue weighted by molar-refractivity contribution is -0.137. The molecule has 0 radical (unpaired) electrons. The second-order valence-corrected chi connectivity index (χ2v) is 8.62. The van der Waals surface area contributed by atoms with Crippen LogP contribution in [0.2, 0.25) is 10.0 Å². The van der Waals surface area contributed by atoms with Gasteiger partial charge in [0.25, 0.3) is 0 Å². The molecule has 0 fully saturated rings. The van der Waals surface area contributed by atoms with Gasteiger partial charge in [-0.3, -0.25) is 4.79 Å². The van der Waals surface area contributed by atoms with E-state index < -0.39 is 35.4 Å². The Hall–Kier alpha value is -3.80. The summed E-state index contributed by atoms with van der Waals surface area (Å²) in [4.78, 5) is 29.2. The zero-order chi connectivity index (χ0) is 26.0. The first-order chi connectivity index (χ1) is 17.1. The van der Waals surface area contributed by atoms with Crippen molar-refractivity contribution in [2.75, 3.05) is 5.32 Å². The van der Waals surface area contributed by atoms with Crippen LogP contribution in [-0.2, 0) is 23.9 Å². The summed E-state index contributed by atoms with van der Waals surface area (Å²) >= 11 is 11.9. The molecule has 10 heteroatoms. The van der Waals surface area contributed by atoms with Crippen molar-refractivity contribution in [1.29, 1.82) is 0 Å². The van der Waals surface area contributed by atoms with E-state index in [4.69, 9.17) is 34.2 Å². The number of hydrogen-bond donors (Lipinski definition) is 1. The van der Waals surface area contributed by atoms with Gasteiger partial charge >= 0.3 is 11.8 Å². The largest absolute Gasteiger partial charge is 0.422 e. The van der Waals surface area contributed by atoms with E-state index in [1.54, 1.807) is 36.4 Å². The number of hydrogen-bond acceptors (Lipinski definition) is 3. The monoisotopic (exact) mass is 530 g/mol. The second kappa shape index (κ2) is 10.1. The van der Waals surface area contributed by atoms with Crippen LogP contribution in [0.1, 0.15) is 16.7 Å². The van der Waals surface area contributed by atoms with Crippen molar-refractivity contribution in [1.82, 2.24) is 0 Å². The van der Waals surface area contributed by atoms with Crippen molar-refractivity contribution >= 4 is 45.8 Å². The van der Waals surface area contributed by atoms with Crippen LogP contribution >= 0.6 is 23.2 Å². The highest BCUT2D eigenvalue weighted by Gasteiger charge is 2.34. The van der Waals surface area contributed by atoms with Gasteiger partial charge in [-0.1, -0.05) is 53.5 Å². The number of amides is 1. The average molecular weight is 531 g/mol. The summed E-state index contributed by atoms with van der Waals surface area (Å²) in [5.41, 5.74) is -0.897. The standard InChI is InChI=1S/C26H15Cl2F3N2O3/c1-32-13-15-9-17-22(12-20(15)28)36-25(35)18(24(17)14-5-3-2-4-6-14)11-23(34)33-21-8-7-16(27)10-19(21)26(29,30)31/h2-10,12H,11,13H2,(H,33,34). The Balaban J connectivity index is 1.84. The lowest BCUT2D eigenvalue weighted by Gasteiger charge is -2.16. The molecule has 1 heterocycles. The van der Waals surface area contributed by atoms with E-state index in [2.05, 4.69) is 10.2 Å². The SMILES string of the molecule is [C-]#[N+]Cc1cc2c(-c3ccccc3)c(CC(=O)Nc3ccc(Cl)cc3C(F)(F)F)c(=O)oc2cc1Cl. The number of rotatable bonds is 5. The zero-order valence-corrected chi connectivity index (χ0v) is 19.8. The predicted molar refractivity (Wildman–Crippen MR) is 132 cm³/mol. The first-order valence-electron chi connectivity index (χ1n) is 10.4. The van der Waals surface area contributed by atoms with Crippen LogP contribution in [-0.4, -0.2) is 5.91 Å². The van der Waals surface area contributed by atoms with Crippen LogP contribution in [0.15, 0.2) is 69.9 Å². The molecule has 0 bridgehead atoms. The van der Waals surface area contributed by atoms with E-state index in [9.17, 15) is 22.8 Å². The molecule has 0 saturated heterocycles. The molecule has 4 aromatic rings. The van der Waals surface area contributed by atoms with Crippen molar-refractivity contribution in [3.05, 3.63) is 109 Å². The Morgan fingerprint density at radius 2 is 1.78 bits per heavy atom. The van der Waals surface area contributed by atoms with Gasteiger partial charge in [0.2, 0.25) is 12.5 Å². The maximum Gasteiger partial charge on any atom is 0.418 e. The average Bonchev–Trinajstić information content (AvgIpc) is 2.82. The van der Waals surface area contributed by atoms with Gasteiger partial charge in [-0.15, -0.1) is 0 Å². The fourth-order valence-electron chi connectivity index (χ4n) is 3.82. The molecular formula is C26H15Cl2F3N2O3. The molecule has 3 aromatic carbocycles. The molecule has 1 N–H and O–H groups in total. The number of anilines is 1. The summed E-state index contributed by atoms with van der Waals surface area (Å²) in [7, 11) is 0. The van der Waals surface area contributed by atoms with E-state index in [1.165, 1.54) is 12.1 Å². The van der Waals surface area contributed by atoms with Crippen molar-refractivity contribution < 1.29 is 22.4 Å². The number of alkyl halides is 3. The van der Waals surface area contributed by atoms with Crippen molar-refractivity contribution in [2.45, 2.75) is 19.1 Å². The quantitative estimate of drug-likeness (QED) is 0.216. The number of nitrogens with one attached hydrogen (secondary N) is 1. The molecule has 1 aromatic heterocycles. The molecule has 0 spiro atoms. The van der Waals surface area contributed by atoms with Gasteiger partial charge < -0.3 is 14.6 Å². The minimum Gasteiger partial charge on any atom is -0.422 e. The van der Waals surface area contributed by atoms with Crippen LogP contribution in [0, 0.1) is 6.57 Å². The van der Waals surface area contributed by atoms with E-state index >= 15 is 0 Å². The Labute approximate surface area is 212 Å². The molecule has 0 aliphatic heterocycles. The van der Waals surface area contributed by atoms with Gasteiger partial charge in [-0.25, -0.2) is 11.4 Å². The van der Waals surface area contributed by atoms with Gasteiger partial charge in [0.15, 0.2) is 0 Å². The number of benzene rings is 3. The summed E-state index contributed by atoms with van der Waals surface area (Å²) in [5, 5.41) is 2.77. The van der Waals surface area contributed by atoms with E-state index in [1.807, 2.05) is 0 Å². The summed E-state index contributed by atoms with van der Waals surface area (Å²) in [6.07, 6.45) is -5.33. The second-order valence-electron chi connectivity index (χ2n) is 7.78. The van der Waals surface area contributed by atoms with Crippen molar-refractivity contribution in [3.63, 3.8) is 0 Å². The summed E-state index contributed by atoms with van der Waals surface area (Å²) in [5.74, 6) is -0.859. The first-order valence-corrected chi connectivity index (χ1v) is 11.2. The Morgan fingerprint density at radius 1 is 1.06 bits per heavy atom. The first kappa shape index (κ1) is 25.3. The molecule has 0 aliphatic rings. The van der Waals surface area contributed by atoms with Gasteiger partial charge in [0.05, 0.1) is 33.8 Å². The molecule has 0 unspecified atom stereocenters. The molecule has 5 nitrogen and oxygen atoms in total. The zero-order valence-electron chi connectivity index (χ0n) is 18.2. The molecule has 182 valence electrons. The highest BCUT2D eigenvalue weighted by Crippen LogP contribution is 2.37. The highest BCUT2D eigenvalue weighted by atomic mass is 35.5. The van der Waals surface area contributed by atoms with Gasteiger partial charge in [-0.05, 0) is 29.8 Å². The van der Waals surface area contributed by atoms with Crippen molar-refractivity contribution in [2.24, 2.45) is 0 Å². The maximum absolute atomic E-state index is 13.5. The van der Waals surface area contributed by atoms with Crippen LogP contribution in [0.4, 0.5) is 18.9 Å². The summed E-state index contributed by atoms with van der Waals surface area (Å²) in [6, 6.07) is 14.7. The Morgan fingerprint density at radius 3 is 2.44 bits per heavy atom. The molecule has 1 amide bonds. The summed E-state index contributed by atoms with van der Waals surface area (Å²) < 4.78 is 45.8. The Bertz CT molecular complexity index is 1580. The van der Waals surface area contributed by atoms with Crippen molar-refractivity contribution in [3.8, 4) is 11.1 Å². The third-order valence-electron chi connectivity index (χ3n) is 5.38. The van der Waals surface area contributed by atoms with Crippen LogP contribution in [0.5, 0.6) is 0 Å². The molecule has 4 rings (SSSR count). The van der Waals surface area contributed by atoms with Crippen LogP contribution in [0.3, 0.4) is 0 Å². The fraction of sp³-hybridized carbons (Fsp3) is 0.115.